The van der Waals surface area contributed by atoms with Gasteiger partial charge in [-0.05, 0) is 31.2 Å². The maximum Gasteiger partial charge on any atom is 0.248 e. The molecule has 0 aliphatic carbocycles. The number of ether oxygens (including phenoxy) is 1. The molecule has 0 aliphatic heterocycles. The van der Waals surface area contributed by atoms with E-state index in [-0.39, 0.29) is 6.10 Å². The Morgan fingerprint density at radius 3 is 2.50 bits per heavy atom. The summed E-state index contributed by atoms with van der Waals surface area (Å²) >= 11 is 0. The molecule has 1 rings (SSSR count). The van der Waals surface area contributed by atoms with Gasteiger partial charge in [-0.3, -0.25) is 4.79 Å². The van der Waals surface area contributed by atoms with E-state index in [1.807, 2.05) is 0 Å². The van der Waals surface area contributed by atoms with Gasteiger partial charge in [-0.1, -0.05) is 5.92 Å². The van der Waals surface area contributed by atoms with Crippen LogP contribution in [0.2, 0.25) is 0 Å². The SMILES string of the molecule is C#C[C@@H](C)Oc1ccc(C(N)=O)cc1. The fourth-order valence-corrected chi connectivity index (χ4v) is 0.936. The van der Waals surface area contributed by atoms with Crippen LogP contribution in [-0.2, 0) is 0 Å². The summed E-state index contributed by atoms with van der Waals surface area (Å²) in [6, 6.07) is 6.52. The lowest BCUT2D eigenvalue weighted by atomic mass is 10.2. The van der Waals surface area contributed by atoms with E-state index in [0.29, 0.717) is 11.3 Å². The molecule has 1 aromatic rings. The van der Waals surface area contributed by atoms with Crippen LogP contribution in [-0.4, -0.2) is 12.0 Å². The third kappa shape index (κ3) is 2.53. The van der Waals surface area contributed by atoms with Gasteiger partial charge in [-0.25, -0.2) is 0 Å². The molecule has 72 valence electrons. The van der Waals surface area contributed by atoms with Crippen LogP contribution in [0.25, 0.3) is 0 Å². The number of primary amides is 1. The number of hydrogen-bond donors (Lipinski definition) is 1. The Morgan fingerprint density at radius 2 is 2.07 bits per heavy atom. The van der Waals surface area contributed by atoms with Crippen LogP contribution >= 0.6 is 0 Å². The van der Waals surface area contributed by atoms with Crippen LogP contribution in [0, 0.1) is 12.3 Å². The molecule has 0 radical (unpaired) electrons. The van der Waals surface area contributed by atoms with Crippen LogP contribution < -0.4 is 10.5 Å². The van der Waals surface area contributed by atoms with Gasteiger partial charge in [-0.2, -0.15) is 0 Å². The first-order valence-electron chi connectivity index (χ1n) is 4.16. The van der Waals surface area contributed by atoms with E-state index < -0.39 is 5.91 Å². The van der Waals surface area contributed by atoms with Crippen LogP contribution in [0.1, 0.15) is 17.3 Å². The lowest BCUT2D eigenvalue weighted by molar-refractivity contribution is 0.100. The zero-order chi connectivity index (χ0) is 10.6. The van der Waals surface area contributed by atoms with Crippen LogP contribution in [0.5, 0.6) is 5.75 Å². The summed E-state index contributed by atoms with van der Waals surface area (Å²) in [4.78, 5) is 10.7. The molecule has 1 amide bonds. The van der Waals surface area contributed by atoms with E-state index in [1.165, 1.54) is 0 Å². The lowest BCUT2D eigenvalue weighted by Gasteiger charge is -2.08. The van der Waals surface area contributed by atoms with Crippen molar-refractivity contribution in [3.63, 3.8) is 0 Å². The smallest absolute Gasteiger partial charge is 0.248 e. The van der Waals surface area contributed by atoms with Crippen molar-refractivity contribution < 1.29 is 9.53 Å². The predicted octanol–water partition coefficient (Wildman–Crippen LogP) is 1.19. The molecule has 1 atom stereocenters. The highest BCUT2D eigenvalue weighted by atomic mass is 16.5. The Bertz CT molecular complexity index is 362. The average Bonchev–Trinajstić information content (AvgIpc) is 2.18. The van der Waals surface area contributed by atoms with Gasteiger partial charge in [-0.15, -0.1) is 6.42 Å². The van der Waals surface area contributed by atoms with Gasteiger partial charge in [0.25, 0.3) is 0 Å². The summed E-state index contributed by atoms with van der Waals surface area (Å²) in [7, 11) is 0. The molecule has 0 unspecified atom stereocenters. The quantitative estimate of drug-likeness (QED) is 0.726. The lowest BCUT2D eigenvalue weighted by Crippen LogP contribution is -2.11. The second-order valence-corrected chi connectivity index (χ2v) is 2.82. The standard InChI is InChI=1S/C11H11NO2/c1-3-8(2)14-10-6-4-9(5-7-10)11(12)13/h1,4-8H,2H3,(H2,12,13)/t8-/m1/s1. The number of terminal acetylenes is 1. The summed E-state index contributed by atoms with van der Waals surface area (Å²) < 4.78 is 5.31. The monoisotopic (exact) mass is 189 g/mol. The summed E-state index contributed by atoms with van der Waals surface area (Å²) in [6.07, 6.45) is 4.87. The van der Waals surface area contributed by atoms with Gasteiger partial charge < -0.3 is 10.5 Å². The summed E-state index contributed by atoms with van der Waals surface area (Å²) in [5.41, 5.74) is 5.53. The Morgan fingerprint density at radius 1 is 1.50 bits per heavy atom. The fraction of sp³-hybridized carbons (Fsp3) is 0.182. The molecule has 0 aliphatic rings. The topological polar surface area (TPSA) is 52.3 Å². The van der Waals surface area contributed by atoms with Crippen molar-refractivity contribution in [1.82, 2.24) is 0 Å². The number of hydrogen-bond acceptors (Lipinski definition) is 2. The minimum atomic E-state index is -0.457. The van der Waals surface area contributed by atoms with Crippen molar-refractivity contribution in [2.24, 2.45) is 5.73 Å². The molecule has 0 aromatic heterocycles. The molecule has 3 nitrogen and oxygen atoms in total. The maximum atomic E-state index is 10.7. The first-order chi connectivity index (χ1) is 6.63. The Kier molecular flexibility index (Phi) is 3.14. The third-order valence-electron chi connectivity index (χ3n) is 1.69. The third-order valence-corrected chi connectivity index (χ3v) is 1.69. The van der Waals surface area contributed by atoms with Gasteiger partial charge in [0, 0.05) is 5.56 Å². The summed E-state index contributed by atoms with van der Waals surface area (Å²) in [5.74, 6) is 2.61. The molecular formula is C11H11NO2. The van der Waals surface area contributed by atoms with E-state index in [1.54, 1.807) is 31.2 Å². The fourth-order valence-electron chi connectivity index (χ4n) is 0.936. The van der Waals surface area contributed by atoms with Crippen molar-refractivity contribution >= 4 is 5.91 Å². The largest absolute Gasteiger partial charge is 0.478 e. The zero-order valence-corrected chi connectivity index (χ0v) is 7.86. The van der Waals surface area contributed by atoms with Crippen molar-refractivity contribution in [3.8, 4) is 18.1 Å². The Hall–Kier alpha value is -1.95. The highest BCUT2D eigenvalue weighted by Gasteiger charge is 2.02. The highest BCUT2D eigenvalue weighted by molar-refractivity contribution is 5.92. The van der Waals surface area contributed by atoms with Gasteiger partial charge in [0.05, 0.1) is 0 Å². The number of benzene rings is 1. The molecule has 0 saturated heterocycles. The van der Waals surface area contributed by atoms with Gasteiger partial charge in [0.15, 0.2) is 6.10 Å². The number of nitrogens with two attached hydrogens (primary N) is 1. The molecule has 0 heterocycles. The molecule has 0 spiro atoms. The van der Waals surface area contributed by atoms with E-state index >= 15 is 0 Å². The van der Waals surface area contributed by atoms with Crippen LogP contribution in [0.3, 0.4) is 0 Å². The first kappa shape index (κ1) is 10.1. The minimum Gasteiger partial charge on any atom is -0.478 e. The van der Waals surface area contributed by atoms with E-state index in [4.69, 9.17) is 16.9 Å². The maximum absolute atomic E-state index is 10.7. The number of amides is 1. The second kappa shape index (κ2) is 4.33. The highest BCUT2D eigenvalue weighted by Crippen LogP contribution is 2.13. The first-order valence-corrected chi connectivity index (χ1v) is 4.16. The van der Waals surface area contributed by atoms with Crippen molar-refractivity contribution in [2.75, 3.05) is 0 Å². The molecule has 14 heavy (non-hydrogen) atoms. The average molecular weight is 189 g/mol. The predicted molar refractivity (Wildman–Crippen MR) is 53.9 cm³/mol. The number of carbonyl (C=O) groups is 1. The van der Waals surface area contributed by atoms with Gasteiger partial charge >= 0.3 is 0 Å². The number of rotatable bonds is 3. The molecule has 3 heteroatoms. The van der Waals surface area contributed by atoms with Crippen molar-refractivity contribution in [1.29, 1.82) is 0 Å². The van der Waals surface area contributed by atoms with Gasteiger partial charge in [0.2, 0.25) is 5.91 Å². The Balaban J connectivity index is 2.75. The van der Waals surface area contributed by atoms with E-state index in [2.05, 4.69) is 5.92 Å². The molecular weight excluding hydrogens is 178 g/mol. The second-order valence-electron chi connectivity index (χ2n) is 2.82. The summed E-state index contributed by atoms with van der Waals surface area (Å²) in [5, 5.41) is 0. The molecule has 0 bridgehead atoms. The zero-order valence-electron chi connectivity index (χ0n) is 7.86. The molecule has 0 saturated carbocycles. The van der Waals surface area contributed by atoms with Crippen LogP contribution in [0.4, 0.5) is 0 Å². The molecule has 2 N–H and O–H groups in total. The number of carbonyl (C=O) groups excluding carboxylic acids is 1. The minimum absolute atomic E-state index is 0.283. The van der Waals surface area contributed by atoms with Crippen LogP contribution in [0.15, 0.2) is 24.3 Å². The Labute approximate surface area is 82.9 Å². The van der Waals surface area contributed by atoms with E-state index in [0.717, 1.165) is 0 Å². The molecule has 0 fully saturated rings. The van der Waals surface area contributed by atoms with Gasteiger partial charge in [0.1, 0.15) is 5.75 Å². The van der Waals surface area contributed by atoms with Crippen molar-refractivity contribution in [2.45, 2.75) is 13.0 Å². The normalized spacial score (nSPS) is 11.4. The van der Waals surface area contributed by atoms with E-state index in [9.17, 15) is 4.79 Å². The summed E-state index contributed by atoms with van der Waals surface area (Å²) in [6.45, 7) is 1.77. The molecule has 1 aromatic carbocycles. The van der Waals surface area contributed by atoms with Crippen molar-refractivity contribution in [3.05, 3.63) is 29.8 Å².